The van der Waals surface area contributed by atoms with Gasteiger partial charge in [-0.15, -0.1) is 0 Å². The van der Waals surface area contributed by atoms with Gasteiger partial charge in [-0.25, -0.2) is 9.59 Å². The fraction of sp³-hybridized carbons (Fsp3) is 0.640. The van der Waals surface area contributed by atoms with E-state index < -0.39 is 35.7 Å². The van der Waals surface area contributed by atoms with E-state index >= 15 is 0 Å². The van der Waals surface area contributed by atoms with Gasteiger partial charge in [-0.2, -0.15) is 0 Å². The molecule has 1 saturated heterocycles. The van der Waals surface area contributed by atoms with Gasteiger partial charge in [-0.3, -0.25) is 9.69 Å². The third-order valence-corrected chi connectivity index (χ3v) is 5.46. The Balaban J connectivity index is 2.52. The summed E-state index contributed by atoms with van der Waals surface area (Å²) < 4.78 is 27.2. The molecule has 3 atom stereocenters. The van der Waals surface area contributed by atoms with Crippen molar-refractivity contribution in [1.29, 1.82) is 0 Å². The Morgan fingerprint density at radius 1 is 1.09 bits per heavy atom. The highest BCUT2D eigenvalue weighted by Crippen LogP contribution is 2.45. The van der Waals surface area contributed by atoms with Crippen LogP contribution in [0.25, 0.3) is 0 Å². The number of carbonyl (C=O) groups excluding carboxylic acids is 3. The molecular formula is C25H37NO8. The van der Waals surface area contributed by atoms with Crippen LogP contribution in [-0.2, 0) is 23.8 Å². The lowest BCUT2D eigenvalue weighted by Crippen LogP contribution is -2.45. The highest BCUT2D eigenvalue weighted by molar-refractivity contribution is 5.87. The lowest BCUT2D eigenvalue weighted by Gasteiger charge is -2.33. The number of ether oxygens (including phenoxy) is 5. The molecule has 190 valence electrons. The zero-order chi connectivity index (χ0) is 25.5. The SMILES string of the molecule is CCOC(=O)[C@H]1CC(C(C)=O)[C@@H](c2ccc(OC)c(OCCCOC)c2)N1C(=O)OC(C)(C)C. The first kappa shape index (κ1) is 27.4. The Labute approximate surface area is 201 Å². The summed E-state index contributed by atoms with van der Waals surface area (Å²) >= 11 is 0. The number of nitrogens with zero attached hydrogens (tertiary/aromatic N) is 1. The fourth-order valence-corrected chi connectivity index (χ4v) is 4.03. The number of Topliss-reactive ketones (excluding diaryl/α,β-unsaturated/α-hetero) is 1. The van der Waals surface area contributed by atoms with Crippen molar-refractivity contribution in [1.82, 2.24) is 4.90 Å². The molecule has 0 bridgehead atoms. The molecule has 0 radical (unpaired) electrons. The molecule has 1 aliphatic heterocycles. The number of benzene rings is 1. The molecule has 9 nitrogen and oxygen atoms in total. The van der Waals surface area contributed by atoms with Crippen LogP contribution in [0.3, 0.4) is 0 Å². The number of ketones is 1. The maximum Gasteiger partial charge on any atom is 0.411 e. The third-order valence-electron chi connectivity index (χ3n) is 5.46. The lowest BCUT2D eigenvalue weighted by molar-refractivity contribution is -0.148. The van der Waals surface area contributed by atoms with Gasteiger partial charge in [0, 0.05) is 26.1 Å². The van der Waals surface area contributed by atoms with Crippen LogP contribution in [0.1, 0.15) is 59.1 Å². The number of hydrogen-bond donors (Lipinski definition) is 0. The van der Waals surface area contributed by atoms with Crippen LogP contribution < -0.4 is 9.47 Å². The summed E-state index contributed by atoms with van der Waals surface area (Å²) in [5.74, 6) is -0.321. The first-order valence-electron chi connectivity index (χ1n) is 11.5. The van der Waals surface area contributed by atoms with Crippen molar-refractivity contribution in [2.75, 3.05) is 34.0 Å². The number of methoxy groups -OCH3 is 2. The summed E-state index contributed by atoms with van der Waals surface area (Å²) in [6.45, 7) is 9.51. The molecule has 0 aromatic heterocycles. The molecule has 1 unspecified atom stereocenters. The predicted molar refractivity (Wildman–Crippen MR) is 125 cm³/mol. The first-order valence-corrected chi connectivity index (χ1v) is 11.5. The second kappa shape index (κ2) is 12.1. The van der Waals surface area contributed by atoms with E-state index in [1.165, 1.54) is 18.9 Å². The van der Waals surface area contributed by atoms with Crippen LogP contribution >= 0.6 is 0 Å². The molecule has 0 aliphatic carbocycles. The third kappa shape index (κ3) is 6.85. The van der Waals surface area contributed by atoms with Gasteiger partial charge in [-0.1, -0.05) is 6.07 Å². The summed E-state index contributed by atoms with van der Waals surface area (Å²) in [6, 6.07) is 3.57. The lowest BCUT2D eigenvalue weighted by atomic mass is 9.90. The molecule has 1 aromatic rings. The van der Waals surface area contributed by atoms with Crippen molar-refractivity contribution in [2.45, 2.75) is 65.1 Å². The molecule has 1 aromatic carbocycles. The largest absolute Gasteiger partial charge is 0.493 e. The minimum Gasteiger partial charge on any atom is -0.493 e. The second-order valence-electron chi connectivity index (χ2n) is 9.16. The normalized spacial score (nSPS) is 20.1. The van der Waals surface area contributed by atoms with E-state index in [1.54, 1.807) is 53.0 Å². The van der Waals surface area contributed by atoms with Crippen molar-refractivity contribution >= 4 is 17.8 Å². The van der Waals surface area contributed by atoms with Crippen LogP contribution in [0.5, 0.6) is 11.5 Å². The monoisotopic (exact) mass is 479 g/mol. The first-order chi connectivity index (χ1) is 16.0. The quantitative estimate of drug-likeness (QED) is 0.368. The van der Waals surface area contributed by atoms with Gasteiger partial charge in [0.15, 0.2) is 11.5 Å². The average molecular weight is 480 g/mol. The van der Waals surface area contributed by atoms with Crippen molar-refractivity contribution in [2.24, 2.45) is 5.92 Å². The van der Waals surface area contributed by atoms with Gasteiger partial charge >= 0.3 is 12.1 Å². The second-order valence-corrected chi connectivity index (χ2v) is 9.16. The van der Waals surface area contributed by atoms with Crippen LogP contribution in [-0.4, -0.2) is 68.4 Å². The Bertz CT molecular complexity index is 863. The highest BCUT2D eigenvalue weighted by Gasteiger charge is 2.51. The molecule has 0 spiro atoms. The maximum absolute atomic E-state index is 13.3. The minimum absolute atomic E-state index is 0.135. The molecule has 1 fully saturated rings. The van der Waals surface area contributed by atoms with Crippen molar-refractivity contribution in [3.8, 4) is 11.5 Å². The topological polar surface area (TPSA) is 101 Å². The summed E-state index contributed by atoms with van der Waals surface area (Å²) in [4.78, 5) is 40.1. The molecule has 1 heterocycles. The zero-order valence-corrected chi connectivity index (χ0v) is 21.2. The molecule has 2 rings (SSSR count). The van der Waals surface area contributed by atoms with Gasteiger partial charge < -0.3 is 23.7 Å². The van der Waals surface area contributed by atoms with E-state index in [4.69, 9.17) is 23.7 Å². The molecule has 0 N–H and O–H groups in total. The number of hydrogen-bond acceptors (Lipinski definition) is 8. The van der Waals surface area contributed by atoms with Crippen molar-refractivity contribution in [3.05, 3.63) is 23.8 Å². The van der Waals surface area contributed by atoms with Gasteiger partial charge in [0.1, 0.15) is 17.4 Å². The van der Waals surface area contributed by atoms with Gasteiger partial charge in [0.2, 0.25) is 0 Å². The van der Waals surface area contributed by atoms with Crippen molar-refractivity contribution < 1.29 is 38.1 Å². The molecule has 9 heteroatoms. The van der Waals surface area contributed by atoms with E-state index in [-0.39, 0.29) is 18.8 Å². The van der Waals surface area contributed by atoms with Gasteiger partial charge in [0.05, 0.1) is 26.4 Å². The number of esters is 1. The molecule has 0 saturated carbocycles. The Morgan fingerprint density at radius 2 is 1.79 bits per heavy atom. The van der Waals surface area contributed by atoms with Crippen LogP contribution in [0, 0.1) is 5.92 Å². The summed E-state index contributed by atoms with van der Waals surface area (Å²) in [6.07, 6.45) is 0.143. The van der Waals surface area contributed by atoms with Crippen LogP contribution in [0.4, 0.5) is 4.79 Å². The number of likely N-dealkylation sites (tertiary alicyclic amines) is 1. The van der Waals surface area contributed by atoms with Gasteiger partial charge in [-0.05, 0) is 58.7 Å². The van der Waals surface area contributed by atoms with Crippen LogP contribution in [0.2, 0.25) is 0 Å². The smallest absolute Gasteiger partial charge is 0.411 e. The maximum atomic E-state index is 13.3. The molecule has 1 amide bonds. The Kier molecular flexibility index (Phi) is 9.73. The van der Waals surface area contributed by atoms with E-state index in [1.807, 2.05) is 0 Å². The molecule has 1 aliphatic rings. The highest BCUT2D eigenvalue weighted by atomic mass is 16.6. The summed E-state index contributed by atoms with van der Waals surface area (Å²) in [7, 11) is 3.16. The number of carbonyl (C=O) groups is 3. The standard InChI is InChI=1S/C25H37NO8/c1-8-32-23(28)19-15-18(16(2)27)22(26(19)24(29)34-25(3,4)5)17-10-11-20(31-7)21(14-17)33-13-9-12-30-6/h10-11,14,18-19,22H,8-9,12-13,15H2,1-7H3/t18?,19-,22-/m1/s1. The Morgan fingerprint density at radius 3 is 2.35 bits per heavy atom. The van der Waals surface area contributed by atoms with E-state index in [2.05, 4.69) is 0 Å². The fourth-order valence-electron chi connectivity index (χ4n) is 4.03. The number of rotatable bonds is 10. The van der Waals surface area contributed by atoms with E-state index in [9.17, 15) is 14.4 Å². The Hall–Kier alpha value is -2.81. The zero-order valence-electron chi connectivity index (χ0n) is 21.2. The van der Waals surface area contributed by atoms with Gasteiger partial charge in [0.25, 0.3) is 0 Å². The van der Waals surface area contributed by atoms with Crippen molar-refractivity contribution in [3.63, 3.8) is 0 Å². The average Bonchev–Trinajstić information content (AvgIpc) is 3.17. The molecular weight excluding hydrogens is 442 g/mol. The molecule has 34 heavy (non-hydrogen) atoms. The summed E-state index contributed by atoms with van der Waals surface area (Å²) in [5.41, 5.74) is -0.148. The summed E-state index contributed by atoms with van der Waals surface area (Å²) in [5, 5.41) is 0. The van der Waals surface area contributed by atoms with E-state index in [0.29, 0.717) is 36.7 Å². The predicted octanol–water partition coefficient (Wildman–Crippen LogP) is 3.93. The van der Waals surface area contributed by atoms with Crippen LogP contribution in [0.15, 0.2) is 18.2 Å². The minimum atomic E-state index is -0.943. The number of amides is 1. The van der Waals surface area contributed by atoms with E-state index in [0.717, 1.165) is 0 Å².